The van der Waals surface area contributed by atoms with Crippen LogP contribution in [0.4, 0.5) is 5.69 Å². The van der Waals surface area contributed by atoms with Gasteiger partial charge < -0.3 is 24.4 Å². The van der Waals surface area contributed by atoms with Crippen molar-refractivity contribution in [3.8, 4) is 11.5 Å². The van der Waals surface area contributed by atoms with Crippen LogP contribution in [0, 0.1) is 15.5 Å². The van der Waals surface area contributed by atoms with Crippen LogP contribution in [0.3, 0.4) is 0 Å². The number of nitrogens with one attached hydrogen (secondary N) is 1. The number of fused-ring (bicyclic) bond motifs is 1. The highest BCUT2D eigenvalue weighted by molar-refractivity contribution is 7.90. The minimum absolute atomic E-state index is 0.0711. The van der Waals surface area contributed by atoms with Gasteiger partial charge in [-0.25, -0.2) is 8.42 Å². The van der Waals surface area contributed by atoms with Crippen LogP contribution in [0.1, 0.15) is 53.1 Å². The van der Waals surface area contributed by atoms with E-state index in [1.54, 1.807) is 6.92 Å². The molecule has 1 N–H and O–H groups in total. The summed E-state index contributed by atoms with van der Waals surface area (Å²) in [5.74, 6) is -3.39. The van der Waals surface area contributed by atoms with E-state index in [4.69, 9.17) is 14.2 Å². The Kier molecular flexibility index (Phi) is 9.96. The van der Waals surface area contributed by atoms with Crippen LogP contribution < -0.4 is 14.8 Å². The number of anilines is 1. The van der Waals surface area contributed by atoms with Crippen molar-refractivity contribution in [2.45, 2.75) is 26.8 Å². The summed E-state index contributed by atoms with van der Waals surface area (Å²) in [5, 5.41) is 11.8. The average Bonchev–Trinajstić information content (AvgIpc) is 3.19. The van der Waals surface area contributed by atoms with Crippen LogP contribution in [-0.4, -0.2) is 81.0 Å². The fraction of sp³-hybridized carbons (Fsp3) is 0.407. The Morgan fingerprint density at radius 2 is 1.81 bits per heavy atom. The first-order chi connectivity index (χ1) is 20.1. The first-order valence-electron chi connectivity index (χ1n) is 12.8. The van der Waals surface area contributed by atoms with Crippen molar-refractivity contribution in [1.29, 1.82) is 0 Å². The van der Waals surface area contributed by atoms with Gasteiger partial charge in [-0.2, -0.15) is 0 Å². The van der Waals surface area contributed by atoms with Gasteiger partial charge in [0.25, 0.3) is 22.8 Å². The number of ether oxygens (including phenoxy) is 3. The van der Waals surface area contributed by atoms with Crippen LogP contribution in [0.2, 0.25) is 0 Å². The monoisotopic (exact) mass is 621 g/mol. The molecule has 16 heteroatoms. The highest BCUT2D eigenvalue weighted by Gasteiger charge is 2.43. The van der Waals surface area contributed by atoms with Gasteiger partial charge in [-0.15, -0.1) is 10.1 Å². The molecule has 1 atom stereocenters. The zero-order chi connectivity index (χ0) is 32.1. The van der Waals surface area contributed by atoms with Crippen molar-refractivity contribution >= 4 is 39.2 Å². The number of imide groups is 1. The summed E-state index contributed by atoms with van der Waals surface area (Å²) >= 11 is 0. The Morgan fingerprint density at radius 3 is 2.42 bits per heavy atom. The highest BCUT2D eigenvalue weighted by Crippen LogP contribution is 2.38. The number of carbonyl (C=O) groups is 4. The lowest BCUT2D eigenvalue weighted by molar-refractivity contribution is -0.760. The molecule has 0 spiro atoms. The van der Waals surface area contributed by atoms with Crippen LogP contribution in [0.5, 0.6) is 11.5 Å². The van der Waals surface area contributed by atoms with Gasteiger partial charge in [0, 0.05) is 6.26 Å². The minimum Gasteiger partial charge on any atom is -0.493 e. The highest BCUT2D eigenvalue weighted by atomic mass is 32.2. The molecule has 1 aliphatic heterocycles. The Balaban J connectivity index is 1.88. The lowest BCUT2D eigenvalue weighted by Gasteiger charge is -2.27. The van der Waals surface area contributed by atoms with Crippen molar-refractivity contribution in [3.05, 3.63) is 63.2 Å². The average molecular weight is 622 g/mol. The Labute approximate surface area is 247 Å². The summed E-state index contributed by atoms with van der Waals surface area (Å²) in [6.07, 6.45) is 0.975. The zero-order valence-corrected chi connectivity index (χ0v) is 24.9. The van der Waals surface area contributed by atoms with Gasteiger partial charge in [0.1, 0.15) is 16.4 Å². The van der Waals surface area contributed by atoms with Crippen molar-refractivity contribution in [2.24, 2.45) is 5.41 Å². The third-order valence-corrected chi connectivity index (χ3v) is 7.20. The molecule has 0 radical (unpaired) electrons. The number of sulfone groups is 1. The first-order valence-corrected chi connectivity index (χ1v) is 14.9. The van der Waals surface area contributed by atoms with Gasteiger partial charge in [0.05, 0.1) is 47.7 Å². The zero-order valence-electron chi connectivity index (χ0n) is 24.1. The minimum atomic E-state index is -3.73. The Morgan fingerprint density at radius 1 is 1.12 bits per heavy atom. The van der Waals surface area contributed by atoms with E-state index in [9.17, 15) is 37.7 Å². The molecule has 0 saturated carbocycles. The summed E-state index contributed by atoms with van der Waals surface area (Å²) in [4.78, 5) is 67.7. The first kappa shape index (κ1) is 32.8. The number of esters is 1. The fourth-order valence-corrected chi connectivity index (χ4v) is 5.17. The summed E-state index contributed by atoms with van der Waals surface area (Å²) in [7, 11) is -2.30. The maximum Gasteiger partial charge on any atom is 0.313 e. The normalized spacial score (nSPS) is 13.7. The van der Waals surface area contributed by atoms with Crippen LogP contribution in [0.15, 0.2) is 36.4 Å². The van der Waals surface area contributed by atoms with Gasteiger partial charge >= 0.3 is 5.97 Å². The summed E-state index contributed by atoms with van der Waals surface area (Å²) in [6, 6.07) is 7.44. The molecule has 0 unspecified atom stereocenters. The van der Waals surface area contributed by atoms with E-state index < -0.39 is 69.0 Å². The molecular formula is C27H31N3O12S. The lowest BCUT2D eigenvalue weighted by Crippen LogP contribution is -2.38. The number of benzene rings is 2. The number of methoxy groups -OCH3 is 1. The van der Waals surface area contributed by atoms with Crippen molar-refractivity contribution in [1.82, 2.24) is 4.90 Å². The lowest BCUT2D eigenvalue weighted by atomic mass is 9.95. The molecule has 0 fully saturated rings. The third-order valence-electron chi connectivity index (χ3n) is 6.28. The van der Waals surface area contributed by atoms with E-state index in [0.29, 0.717) is 11.3 Å². The number of nitrogens with zero attached hydrogens (tertiary/aromatic N) is 2. The molecule has 3 rings (SSSR count). The molecule has 3 amide bonds. The number of rotatable bonds is 14. The Hall–Kier alpha value is -4.73. The quantitative estimate of drug-likeness (QED) is 0.140. The molecule has 15 nitrogen and oxygen atoms in total. The standard InChI is InChI=1S/C27H31N3O12S/c1-6-40-21-12-16(10-11-20(21)39-4)19(14-43(5,37)38)29-24(32)17-8-7-9-18(23(17)25(29)33)28-22(31)13-41-26(34)27(2,3)15-42-30(35)36/h7-12,19H,6,13-15H2,1-5H3,(H,28,31)/t19-/m1/s1. The largest absolute Gasteiger partial charge is 0.493 e. The maximum atomic E-state index is 13.7. The van der Waals surface area contributed by atoms with E-state index >= 15 is 0 Å². The van der Waals surface area contributed by atoms with Crippen LogP contribution >= 0.6 is 0 Å². The number of hydrogen-bond acceptors (Lipinski definition) is 12. The summed E-state index contributed by atoms with van der Waals surface area (Å²) < 4.78 is 40.7. The molecule has 0 saturated heterocycles. The van der Waals surface area contributed by atoms with E-state index in [-0.39, 0.29) is 29.2 Å². The fourth-order valence-electron chi connectivity index (χ4n) is 4.25. The second kappa shape index (κ2) is 13.1. The molecule has 0 aromatic heterocycles. The van der Waals surface area contributed by atoms with Crippen molar-refractivity contribution in [2.75, 3.05) is 44.3 Å². The molecule has 43 heavy (non-hydrogen) atoms. The Bertz CT molecular complexity index is 1550. The molecule has 2 aromatic carbocycles. The van der Waals surface area contributed by atoms with E-state index in [0.717, 1.165) is 11.2 Å². The van der Waals surface area contributed by atoms with Crippen LogP contribution in [0.25, 0.3) is 0 Å². The summed E-state index contributed by atoms with van der Waals surface area (Å²) in [5.41, 5.74) is -1.47. The van der Waals surface area contributed by atoms with Gasteiger partial charge in [0.15, 0.2) is 18.1 Å². The van der Waals surface area contributed by atoms with Crippen LogP contribution in [-0.2, 0) is 29.0 Å². The molecule has 0 bridgehead atoms. The third kappa shape index (κ3) is 7.77. The SMILES string of the molecule is CCOc1cc([C@@H](CS(C)(=O)=O)N2C(=O)c3cccc(NC(=O)COC(=O)C(C)(C)CO[N+](=O)[O-])c3C2=O)ccc1OC. The van der Waals surface area contributed by atoms with Gasteiger partial charge in [-0.05, 0) is 50.6 Å². The molecular weight excluding hydrogens is 590 g/mol. The molecule has 1 aliphatic rings. The smallest absolute Gasteiger partial charge is 0.313 e. The topological polar surface area (TPSA) is 198 Å². The number of amides is 3. The second-order valence-corrected chi connectivity index (χ2v) is 12.4. The maximum absolute atomic E-state index is 13.7. The molecule has 232 valence electrons. The van der Waals surface area contributed by atoms with Gasteiger partial charge in [0.2, 0.25) is 0 Å². The summed E-state index contributed by atoms with van der Waals surface area (Å²) in [6.45, 7) is 3.26. The predicted octanol–water partition coefficient (Wildman–Crippen LogP) is 2.19. The van der Waals surface area contributed by atoms with Crippen molar-refractivity contribution in [3.63, 3.8) is 0 Å². The molecule has 2 aromatic rings. The van der Waals surface area contributed by atoms with E-state index in [1.807, 2.05) is 0 Å². The van der Waals surface area contributed by atoms with E-state index in [1.165, 1.54) is 57.4 Å². The van der Waals surface area contributed by atoms with E-state index in [2.05, 4.69) is 10.2 Å². The number of hydrogen-bond donors (Lipinski definition) is 1. The van der Waals surface area contributed by atoms with Crippen molar-refractivity contribution < 1.29 is 51.7 Å². The predicted molar refractivity (Wildman–Crippen MR) is 150 cm³/mol. The molecule has 1 heterocycles. The molecule has 0 aliphatic carbocycles. The van der Waals surface area contributed by atoms with Gasteiger partial charge in [-0.1, -0.05) is 12.1 Å². The van der Waals surface area contributed by atoms with Gasteiger partial charge in [-0.3, -0.25) is 24.1 Å². The second-order valence-electron chi connectivity index (χ2n) is 10.2. The number of carbonyl (C=O) groups excluding carboxylic acids is 4.